The predicted octanol–water partition coefficient (Wildman–Crippen LogP) is 4.64. The van der Waals surface area contributed by atoms with Crippen molar-refractivity contribution in [2.24, 2.45) is 5.73 Å². The molecule has 0 saturated heterocycles. The van der Waals surface area contributed by atoms with Crippen molar-refractivity contribution < 1.29 is 19.1 Å². The number of rotatable bonds is 11. The van der Waals surface area contributed by atoms with Gasteiger partial charge in [0.1, 0.15) is 5.75 Å². The van der Waals surface area contributed by atoms with E-state index < -0.39 is 18.0 Å². The van der Waals surface area contributed by atoms with E-state index in [1.807, 2.05) is 6.07 Å². The van der Waals surface area contributed by atoms with Crippen LogP contribution in [-0.4, -0.2) is 24.6 Å². The van der Waals surface area contributed by atoms with Crippen molar-refractivity contribution in [2.45, 2.75) is 91.1 Å². The van der Waals surface area contributed by atoms with Gasteiger partial charge in [-0.25, -0.2) is 0 Å². The van der Waals surface area contributed by atoms with Crippen LogP contribution in [0.2, 0.25) is 0 Å². The summed E-state index contributed by atoms with van der Waals surface area (Å²) in [4.78, 5) is 22.7. The molecule has 0 bridgehead atoms. The molecule has 0 aliphatic rings. The standard InChI is InChI=1S/C23H37NO4/c1-8-22(4,5)17-12-13-19(18(15-17)23(6,7)9-2)27-14-10-11-20(25)28-16(3)21(24)26/h12-13,15-16H,8-11,14H2,1-7H3,(H2,24,26)/t16-/m1/s1. The van der Waals surface area contributed by atoms with Crippen LogP contribution < -0.4 is 10.5 Å². The molecule has 1 aromatic rings. The number of hydrogen-bond donors (Lipinski definition) is 1. The zero-order valence-electron chi connectivity index (χ0n) is 18.6. The molecule has 0 fully saturated rings. The van der Waals surface area contributed by atoms with E-state index in [9.17, 15) is 9.59 Å². The molecule has 0 radical (unpaired) electrons. The molecule has 1 rings (SSSR count). The molecule has 0 heterocycles. The van der Waals surface area contributed by atoms with Gasteiger partial charge in [-0.3, -0.25) is 9.59 Å². The van der Waals surface area contributed by atoms with Crippen LogP contribution in [0.1, 0.15) is 85.3 Å². The molecule has 1 aromatic carbocycles. The fourth-order valence-electron chi connectivity index (χ4n) is 2.71. The Labute approximate surface area is 170 Å². The summed E-state index contributed by atoms with van der Waals surface area (Å²) in [5.41, 5.74) is 7.70. The lowest BCUT2D eigenvalue weighted by molar-refractivity contribution is -0.153. The summed E-state index contributed by atoms with van der Waals surface area (Å²) in [5.74, 6) is -0.225. The summed E-state index contributed by atoms with van der Waals surface area (Å²) in [6.07, 6.45) is 1.85. The van der Waals surface area contributed by atoms with Crippen molar-refractivity contribution in [1.82, 2.24) is 0 Å². The van der Waals surface area contributed by atoms with E-state index in [0.29, 0.717) is 13.0 Å². The Bertz CT molecular complexity index is 679. The summed E-state index contributed by atoms with van der Waals surface area (Å²) < 4.78 is 11.0. The van der Waals surface area contributed by atoms with E-state index in [0.717, 1.165) is 18.6 Å². The Hall–Kier alpha value is -2.04. The van der Waals surface area contributed by atoms with Crippen LogP contribution in [-0.2, 0) is 25.2 Å². The normalized spacial score (nSPS) is 13.1. The molecule has 0 spiro atoms. The van der Waals surface area contributed by atoms with Gasteiger partial charge in [-0.1, -0.05) is 53.7 Å². The molecule has 5 heteroatoms. The number of hydrogen-bond acceptors (Lipinski definition) is 4. The average molecular weight is 392 g/mol. The van der Waals surface area contributed by atoms with Crippen LogP contribution in [0.25, 0.3) is 0 Å². The summed E-state index contributed by atoms with van der Waals surface area (Å²) in [6, 6.07) is 6.45. The summed E-state index contributed by atoms with van der Waals surface area (Å²) >= 11 is 0. The Morgan fingerprint density at radius 2 is 1.68 bits per heavy atom. The third-order valence-electron chi connectivity index (χ3n) is 5.75. The zero-order valence-corrected chi connectivity index (χ0v) is 18.6. The largest absolute Gasteiger partial charge is 0.493 e. The quantitative estimate of drug-likeness (QED) is 0.440. The Balaban J connectivity index is 2.82. The van der Waals surface area contributed by atoms with E-state index in [-0.39, 0.29) is 17.3 Å². The van der Waals surface area contributed by atoms with Crippen LogP contribution in [0.15, 0.2) is 18.2 Å². The molecule has 1 amide bonds. The third kappa shape index (κ3) is 6.54. The number of ether oxygens (including phenoxy) is 2. The summed E-state index contributed by atoms with van der Waals surface area (Å²) in [7, 11) is 0. The van der Waals surface area contributed by atoms with Gasteiger partial charge in [0.15, 0.2) is 6.10 Å². The molecule has 28 heavy (non-hydrogen) atoms. The Morgan fingerprint density at radius 1 is 1.07 bits per heavy atom. The predicted molar refractivity (Wildman–Crippen MR) is 113 cm³/mol. The number of carbonyl (C=O) groups is 2. The lowest BCUT2D eigenvalue weighted by Gasteiger charge is -2.30. The van der Waals surface area contributed by atoms with Crippen molar-refractivity contribution in [2.75, 3.05) is 6.61 Å². The SMILES string of the molecule is CCC(C)(C)c1ccc(OCCCC(=O)O[C@H](C)C(N)=O)c(C(C)(C)CC)c1. The molecule has 1 atom stereocenters. The van der Waals surface area contributed by atoms with Gasteiger partial charge in [0.2, 0.25) is 0 Å². The van der Waals surface area contributed by atoms with Crippen LogP contribution in [0.5, 0.6) is 5.75 Å². The first-order chi connectivity index (χ1) is 12.9. The topological polar surface area (TPSA) is 78.6 Å². The second-order valence-electron chi connectivity index (χ2n) is 8.67. The van der Waals surface area contributed by atoms with Gasteiger partial charge in [0, 0.05) is 12.0 Å². The molecule has 5 nitrogen and oxygen atoms in total. The van der Waals surface area contributed by atoms with Crippen LogP contribution in [0.4, 0.5) is 0 Å². The molecular formula is C23H37NO4. The first kappa shape index (κ1) is 24.0. The minimum atomic E-state index is -0.903. The molecular weight excluding hydrogens is 354 g/mol. The van der Waals surface area contributed by atoms with Gasteiger partial charge in [0.25, 0.3) is 5.91 Å². The lowest BCUT2D eigenvalue weighted by Crippen LogP contribution is -2.30. The lowest BCUT2D eigenvalue weighted by atomic mass is 9.76. The van der Waals surface area contributed by atoms with Crippen molar-refractivity contribution in [3.05, 3.63) is 29.3 Å². The van der Waals surface area contributed by atoms with Crippen molar-refractivity contribution in [3.8, 4) is 5.75 Å². The maximum atomic E-state index is 11.7. The average Bonchev–Trinajstić information content (AvgIpc) is 2.64. The highest BCUT2D eigenvalue weighted by Crippen LogP contribution is 2.38. The summed E-state index contributed by atoms with van der Waals surface area (Å²) in [5, 5.41) is 0. The monoisotopic (exact) mass is 391 g/mol. The maximum Gasteiger partial charge on any atom is 0.306 e. The second-order valence-corrected chi connectivity index (χ2v) is 8.67. The molecule has 0 aromatic heterocycles. The molecule has 2 N–H and O–H groups in total. The van der Waals surface area contributed by atoms with Gasteiger partial charge in [-0.2, -0.15) is 0 Å². The first-order valence-electron chi connectivity index (χ1n) is 10.2. The first-order valence-corrected chi connectivity index (χ1v) is 10.2. The number of carbonyl (C=O) groups excluding carboxylic acids is 2. The smallest absolute Gasteiger partial charge is 0.306 e. The van der Waals surface area contributed by atoms with Crippen molar-refractivity contribution in [1.29, 1.82) is 0 Å². The highest BCUT2D eigenvalue weighted by molar-refractivity contribution is 5.81. The van der Waals surface area contributed by atoms with Crippen LogP contribution in [0, 0.1) is 0 Å². The second kappa shape index (κ2) is 9.94. The maximum absolute atomic E-state index is 11.7. The minimum Gasteiger partial charge on any atom is -0.493 e. The third-order valence-corrected chi connectivity index (χ3v) is 5.75. The van der Waals surface area contributed by atoms with Crippen molar-refractivity contribution in [3.63, 3.8) is 0 Å². The molecule has 0 aliphatic heterocycles. The van der Waals surface area contributed by atoms with E-state index in [2.05, 4.69) is 53.7 Å². The molecule has 158 valence electrons. The van der Waals surface area contributed by atoms with Crippen LogP contribution >= 0.6 is 0 Å². The number of nitrogens with two attached hydrogens (primary N) is 1. The van der Waals surface area contributed by atoms with E-state index in [4.69, 9.17) is 15.2 Å². The number of amides is 1. The molecule has 0 saturated carbocycles. The zero-order chi connectivity index (χ0) is 21.5. The fourth-order valence-corrected chi connectivity index (χ4v) is 2.71. The minimum absolute atomic E-state index is 0.00891. The van der Waals surface area contributed by atoms with Crippen LogP contribution in [0.3, 0.4) is 0 Å². The van der Waals surface area contributed by atoms with Gasteiger partial charge in [0.05, 0.1) is 6.61 Å². The Kier molecular flexibility index (Phi) is 8.52. The summed E-state index contributed by atoms with van der Waals surface area (Å²) in [6.45, 7) is 15.2. The van der Waals surface area contributed by atoms with E-state index >= 15 is 0 Å². The highest BCUT2D eigenvalue weighted by atomic mass is 16.5. The fraction of sp³-hybridized carbons (Fsp3) is 0.652. The number of esters is 1. The highest BCUT2D eigenvalue weighted by Gasteiger charge is 2.26. The Morgan fingerprint density at radius 3 is 2.21 bits per heavy atom. The van der Waals surface area contributed by atoms with E-state index in [1.54, 1.807) is 0 Å². The van der Waals surface area contributed by atoms with Gasteiger partial charge >= 0.3 is 5.97 Å². The van der Waals surface area contributed by atoms with Gasteiger partial charge < -0.3 is 15.2 Å². The van der Waals surface area contributed by atoms with E-state index in [1.165, 1.54) is 18.1 Å². The van der Waals surface area contributed by atoms with Gasteiger partial charge in [-0.05, 0) is 48.6 Å². The van der Waals surface area contributed by atoms with Crippen molar-refractivity contribution >= 4 is 11.9 Å². The molecule has 0 aliphatic carbocycles. The molecule has 0 unspecified atom stereocenters. The number of benzene rings is 1. The van der Waals surface area contributed by atoms with Gasteiger partial charge in [-0.15, -0.1) is 0 Å². The number of primary amides is 1.